The average Bonchev–Trinajstić information content (AvgIpc) is 2.62. The summed E-state index contributed by atoms with van der Waals surface area (Å²) in [6.07, 6.45) is 6.57. The molecule has 0 aliphatic carbocycles. The zero-order valence-corrected chi connectivity index (χ0v) is 13.5. The molecule has 1 aliphatic rings. The predicted octanol–water partition coefficient (Wildman–Crippen LogP) is 3.27. The summed E-state index contributed by atoms with van der Waals surface area (Å²) in [6, 6.07) is 22.0. The molecule has 23 heavy (non-hydrogen) atoms. The van der Waals surface area contributed by atoms with Crippen LogP contribution >= 0.6 is 0 Å². The third kappa shape index (κ3) is 4.22. The highest BCUT2D eigenvalue weighted by Crippen LogP contribution is 2.28. The van der Waals surface area contributed by atoms with Gasteiger partial charge in [0.15, 0.2) is 0 Å². The van der Waals surface area contributed by atoms with E-state index in [1.165, 1.54) is 11.1 Å². The van der Waals surface area contributed by atoms with Crippen molar-refractivity contribution in [2.24, 2.45) is 0 Å². The van der Waals surface area contributed by atoms with Gasteiger partial charge in [-0.3, -0.25) is 4.90 Å². The summed E-state index contributed by atoms with van der Waals surface area (Å²) >= 11 is 0. The summed E-state index contributed by atoms with van der Waals surface area (Å²) < 4.78 is 0. The van der Waals surface area contributed by atoms with Crippen molar-refractivity contribution in [3.63, 3.8) is 0 Å². The second-order valence-corrected chi connectivity index (χ2v) is 6.22. The maximum atomic E-state index is 5.44. The first kappa shape index (κ1) is 15.8. The second-order valence-electron chi connectivity index (χ2n) is 6.22. The Hall–Kier alpha value is -2.08. The van der Waals surface area contributed by atoms with E-state index in [9.17, 15) is 0 Å². The summed E-state index contributed by atoms with van der Waals surface area (Å²) in [7, 11) is 0. The van der Waals surface area contributed by atoms with E-state index < -0.39 is 0 Å². The molecule has 0 unspecified atom stereocenters. The number of hydrogen-bond acceptors (Lipinski definition) is 2. The van der Waals surface area contributed by atoms with E-state index in [-0.39, 0.29) is 0 Å². The molecule has 2 atom stereocenters. The summed E-state index contributed by atoms with van der Waals surface area (Å²) in [5, 5.41) is 3.54. The SMILES string of the molecule is C#CCN[C@H]1CCN(Cc2ccccc2)C[C@H]1c1ccccc1. The van der Waals surface area contributed by atoms with Crippen LogP contribution in [0.3, 0.4) is 0 Å². The van der Waals surface area contributed by atoms with Gasteiger partial charge in [0.25, 0.3) is 0 Å². The Labute approximate surface area is 139 Å². The standard InChI is InChI=1S/C21H24N2/c1-2-14-22-21-13-15-23(16-18-9-5-3-6-10-18)17-20(21)19-11-7-4-8-12-19/h1,3-12,20-22H,13-17H2/t20-,21-/m0/s1. The maximum absolute atomic E-state index is 5.44. The van der Waals surface area contributed by atoms with Crippen molar-refractivity contribution in [3.8, 4) is 12.3 Å². The van der Waals surface area contributed by atoms with Crippen LogP contribution in [0.25, 0.3) is 0 Å². The van der Waals surface area contributed by atoms with Gasteiger partial charge >= 0.3 is 0 Å². The van der Waals surface area contributed by atoms with Gasteiger partial charge in [-0.05, 0) is 17.5 Å². The van der Waals surface area contributed by atoms with Gasteiger partial charge in [-0.2, -0.15) is 0 Å². The van der Waals surface area contributed by atoms with Gasteiger partial charge in [0.2, 0.25) is 0 Å². The van der Waals surface area contributed by atoms with E-state index in [4.69, 9.17) is 6.42 Å². The van der Waals surface area contributed by atoms with Gasteiger partial charge < -0.3 is 5.32 Å². The molecule has 3 rings (SSSR count). The van der Waals surface area contributed by atoms with Crippen molar-refractivity contribution >= 4 is 0 Å². The average molecular weight is 304 g/mol. The Kier molecular flexibility index (Phi) is 5.47. The van der Waals surface area contributed by atoms with Crippen molar-refractivity contribution in [2.75, 3.05) is 19.6 Å². The molecule has 2 aromatic rings. The molecule has 2 aromatic carbocycles. The summed E-state index contributed by atoms with van der Waals surface area (Å²) in [6.45, 7) is 3.85. The van der Waals surface area contributed by atoms with E-state index in [1.54, 1.807) is 0 Å². The minimum absolute atomic E-state index is 0.459. The Bertz CT molecular complexity index is 630. The van der Waals surface area contributed by atoms with E-state index in [1.807, 2.05) is 0 Å². The van der Waals surface area contributed by atoms with E-state index in [2.05, 4.69) is 76.8 Å². The van der Waals surface area contributed by atoms with Crippen LogP contribution in [0, 0.1) is 12.3 Å². The zero-order valence-electron chi connectivity index (χ0n) is 13.5. The number of likely N-dealkylation sites (tertiary alicyclic amines) is 1. The molecule has 0 amide bonds. The smallest absolute Gasteiger partial charge is 0.0576 e. The zero-order chi connectivity index (χ0) is 15.9. The molecule has 2 heteroatoms. The topological polar surface area (TPSA) is 15.3 Å². The largest absolute Gasteiger partial charge is 0.303 e. The van der Waals surface area contributed by atoms with Crippen molar-refractivity contribution in [3.05, 3.63) is 71.8 Å². The fourth-order valence-corrected chi connectivity index (χ4v) is 3.48. The molecule has 0 spiro atoms. The molecule has 2 nitrogen and oxygen atoms in total. The molecule has 1 aliphatic heterocycles. The van der Waals surface area contributed by atoms with Gasteiger partial charge in [-0.15, -0.1) is 6.42 Å². The van der Waals surface area contributed by atoms with Crippen LogP contribution < -0.4 is 5.32 Å². The van der Waals surface area contributed by atoms with Crippen LogP contribution in [-0.4, -0.2) is 30.6 Å². The Morgan fingerprint density at radius 1 is 1.04 bits per heavy atom. The molecular weight excluding hydrogens is 280 g/mol. The normalized spacial score (nSPS) is 21.7. The van der Waals surface area contributed by atoms with Crippen LogP contribution in [-0.2, 0) is 6.54 Å². The minimum atomic E-state index is 0.459. The Morgan fingerprint density at radius 3 is 2.43 bits per heavy atom. The number of nitrogens with one attached hydrogen (secondary N) is 1. The number of rotatable bonds is 5. The van der Waals surface area contributed by atoms with Gasteiger partial charge in [0.05, 0.1) is 6.54 Å². The van der Waals surface area contributed by atoms with Crippen LogP contribution in [0.5, 0.6) is 0 Å². The first-order valence-corrected chi connectivity index (χ1v) is 8.35. The van der Waals surface area contributed by atoms with Crippen LogP contribution in [0.15, 0.2) is 60.7 Å². The minimum Gasteiger partial charge on any atom is -0.303 e. The first-order valence-electron chi connectivity index (χ1n) is 8.35. The van der Waals surface area contributed by atoms with Crippen molar-refractivity contribution < 1.29 is 0 Å². The van der Waals surface area contributed by atoms with Crippen molar-refractivity contribution in [1.29, 1.82) is 0 Å². The summed E-state index contributed by atoms with van der Waals surface area (Å²) in [5.74, 6) is 3.20. The van der Waals surface area contributed by atoms with Gasteiger partial charge in [-0.25, -0.2) is 0 Å². The lowest BCUT2D eigenvalue weighted by atomic mass is 9.85. The maximum Gasteiger partial charge on any atom is 0.0576 e. The number of terminal acetylenes is 1. The van der Waals surface area contributed by atoms with Crippen LogP contribution in [0.4, 0.5) is 0 Å². The van der Waals surface area contributed by atoms with Crippen LogP contribution in [0.1, 0.15) is 23.5 Å². The molecule has 0 bridgehead atoms. The van der Waals surface area contributed by atoms with Gasteiger partial charge in [-0.1, -0.05) is 66.6 Å². The molecule has 1 saturated heterocycles. The summed E-state index contributed by atoms with van der Waals surface area (Å²) in [5.41, 5.74) is 2.79. The molecule has 0 aromatic heterocycles. The van der Waals surface area contributed by atoms with Crippen molar-refractivity contribution in [2.45, 2.75) is 24.9 Å². The van der Waals surface area contributed by atoms with E-state index >= 15 is 0 Å². The van der Waals surface area contributed by atoms with Gasteiger partial charge in [0, 0.05) is 31.6 Å². The summed E-state index contributed by atoms with van der Waals surface area (Å²) in [4.78, 5) is 2.56. The lowest BCUT2D eigenvalue weighted by molar-refractivity contribution is 0.169. The lowest BCUT2D eigenvalue weighted by Gasteiger charge is -2.39. The third-order valence-electron chi connectivity index (χ3n) is 4.64. The first-order chi connectivity index (χ1) is 11.4. The molecule has 0 saturated carbocycles. The molecule has 1 heterocycles. The highest BCUT2D eigenvalue weighted by molar-refractivity contribution is 5.23. The number of piperidine rings is 1. The van der Waals surface area contributed by atoms with E-state index in [0.29, 0.717) is 18.5 Å². The molecule has 0 radical (unpaired) electrons. The number of hydrogen-bond donors (Lipinski definition) is 1. The second kappa shape index (κ2) is 7.97. The quantitative estimate of drug-likeness (QED) is 0.853. The Morgan fingerprint density at radius 2 is 1.74 bits per heavy atom. The Balaban J connectivity index is 1.72. The predicted molar refractivity (Wildman–Crippen MR) is 96.1 cm³/mol. The van der Waals surface area contributed by atoms with E-state index in [0.717, 1.165) is 26.1 Å². The third-order valence-corrected chi connectivity index (χ3v) is 4.64. The lowest BCUT2D eigenvalue weighted by Crippen LogP contribution is -2.47. The van der Waals surface area contributed by atoms with Crippen molar-refractivity contribution in [1.82, 2.24) is 10.2 Å². The number of benzene rings is 2. The van der Waals surface area contributed by atoms with Gasteiger partial charge in [0.1, 0.15) is 0 Å². The molecule has 1 fully saturated rings. The highest BCUT2D eigenvalue weighted by Gasteiger charge is 2.29. The highest BCUT2D eigenvalue weighted by atomic mass is 15.1. The fourth-order valence-electron chi connectivity index (χ4n) is 3.48. The molecule has 1 N–H and O–H groups in total. The molecule has 118 valence electrons. The monoisotopic (exact) mass is 304 g/mol. The van der Waals surface area contributed by atoms with Crippen LogP contribution in [0.2, 0.25) is 0 Å². The number of nitrogens with zero attached hydrogens (tertiary/aromatic N) is 1. The molecular formula is C21H24N2. The fraction of sp³-hybridized carbons (Fsp3) is 0.333.